The Kier molecular flexibility index (Phi) is 7.82. The summed E-state index contributed by atoms with van der Waals surface area (Å²) in [6.07, 6.45) is 0.904. The number of aromatic nitrogens is 1. The fraction of sp³-hybridized carbons (Fsp3) is 0.476. The number of carbonyl (C=O) groups is 2. The average molecular weight is 419 g/mol. The lowest BCUT2D eigenvalue weighted by atomic mass is 10.0. The summed E-state index contributed by atoms with van der Waals surface area (Å²) in [7, 11) is 4.61. The molecule has 2 rings (SSSR count). The van der Waals surface area contributed by atoms with Gasteiger partial charge in [-0.25, -0.2) is 4.79 Å². The molecular formula is C21H29N3O6. The Balaban J connectivity index is 2.45. The second-order valence-electron chi connectivity index (χ2n) is 7.47. The van der Waals surface area contributed by atoms with Crippen LogP contribution in [0.25, 0.3) is 10.8 Å². The zero-order valence-corrected chi connectivity index (χ0v) is 18.3. The molecule has 164 valence electrons. The van der Waals surface area contributed by atoms with E-state index in [1.54, 1.807) is 40.0 Å². The minimum absolute atomic E-state index is 0.0969. The lowest BCUT2D eigenvalue weighted by Gasteiger charge is -2.20. The van der Waals surface area contributed by atoms with Gasteiger partial charge in [-0.3, -0.25) is 9.78 Å². The van der Waals surface area contributed by atoms with E-state index in [0.29, 0.717) is 46.7 Å². The Morgan fingerprint density at radius 3 is 2.40 bits per heavy atom. The van der Waals surface area contributed by atoms with E-state index in [-0.39, 0.29) is 12.5 Å². The van der Waals surface area contributed by atoms with Crippen molar-refractivity contribution < 1.29 is 28.5 Å². The standard InChI is InChI=1S/C21H29N3O6/c1-21(2,3)30-20(26)24-12-16-18-14(9-13(28-5)10-17(18)29-6)15(11-23-16)19(25)22-7-8-27-4/h9-11H,7-8,12H2,1-6H3,(H,22,25)(H,24,26). The molecule has 2 aromatic rings. The molecule has 1 heterocycles. The third-order valence-electron chi connectivity index (χ3n) is 4.09. The van der Waals surface area contributed by atoms with Crippen LogP contribution in [0.2, 0.25) is 0 Å². The number of nitrogens with zero attached hydrogens (tertiary/aromatic N) is 1. The average Bonchev–Trinajstić information content (AvgIpc) is 2.69. The minimum atomic E-state index is -0.616. The lowest BCUT2D eigenvalue weighted by Crippen LogP contribution is -2.32. The summed E-state index contributed by atoms with van der Waals surface area (Å²) in [5.74, 6) is 0.707. The molecule has 0 aliphatic carbocycles. The fourth-order valence-corrected chi connectivity index (χ4v) is 2.80. The highest BCUT2D eigenvalue weighted by Crippen LogP contribution is 2.35. The first-order chi connectivity index (χ1) is 14.2. The van der Waals surface area contributed by atoms with Crippen LogP contribution in [0.1, 0.15) is 36.8 Å². The molecule has 9 heteroatoms. The number of ether oxygens (including phenoxy) is 4. The van der Waals surface area contributed by atoms with Crippen molar-refractivity contribution in [2.75, 3.05) is 34.5 Å². The van der Waals surface area contributed by atoms with E-state index in [1.807, 2.05) is 0 Å². The summed E-state index contributed by atoms with van der Waals surface area (Å²) in [5, 5.41) is 6.68. The van der Waals surface area contributed by atoms with Crippen LogP contribution in [0.15, 0.2) is 18.3 Å². The number of hydrogen-bond acceptors (Lipinski definition) is 7. The second-order valence-corrected chi connectivity index (χ2v) is 7.47. The first kappa shape index (κ1) is 23.2. The molecule has 0 fully saturated rings. The Morgan fingerprint density at radius 1 is 1.07 bits per heavy atom. The third kappa shape index (κ3) is 5.96. The number of nitrogens with one attached hydrogen (secondary N) is 2. The topological polar surface area (TPSA) is 108 Å². The highest BCUT2D eigenvalue weighted by atomic mass is 16.6. The van der Waals surface area contributed by atoms with E-state index in [2.05, 4.69) is 15.6 Å². The second kappa shape index (κ2) is 10.1. The number of benzene rings is 1. The minimum Gasteiger partial charge on any atom is -0.497 e. The molecule has 0 spiro atoms. The largest absolute Gasteiger partial charge is 0.497 e. The highest BCUT2D eigenvalue weighted by Gasteiger charge is 2.20. The van der Waals surface area contributed by atoms with Gasteiger partial charge >= 0.3 is 6.09 Å². The van der Waals surface area contributed by atoms with Crippen LogP contribution in [0.3, 0.4) is 0 Å². The van der Waals surface area contributed by atoms with Crippen molar-refractivity contribution >= 4 is 22.8 Å². The number of methoxy groups -OCH3 is 3. The van der Waals surface area contributed by atoms with Gasteiger partial charge in [-0.2, -0.15) is 0 Å². The van der Waals surface area contributed by atoms with Gasteiger partial charge in [-0.05, 0) is 26.8 Å². The lowest BCUT2D eigenvalue weighted by molar-refractivity contribution is 0.0523. The Hall–Kier alpha value is -3.07. The van der Waals surface area contributed by atoms with E-state index in [1.165, 1.54) is 20.4 Å². The van der Waals surface area contributed by atoms with Gasteiger partial charge in [0.15, 0.2) is 0 Å². The molecule has 2 amide bonds. The van der Waals surface area contributed by atoms with Gasteiger partial charge < -0.3 is 29.6 Å². The summed E-state index contributed by atoms with van der Waals surface area (Å²) < 4.78 is 21.1. The molecule has 2 N–H and O–H groups in total. The molecule has 1 aromatic carbocycles. The fourth-order valence-electron chi connectivity index (χ4n) is 2.80. The summed E-state index contributed by atoms with van der Waals surface area (Å²) in [6, 6.07) is 3.44. The van der Waals surface area contributed by atoms with Crippen molar-refractivity contribution in [1.29, 1.82) is 0 Å². The first-order valence-electron chi connectivity index (χ1n) is 9.47. The maximum absolute atomic E-state index is 12.7. The summed E-state index contributed by atoms with van der Waals surface area (Å²) in [4.78, 5) is 29.2. The number of amides is 2. The van der Waals surface area contributed by atoms with Gasteiger partial charge in [-0.15, -0.1) is 0 Å². The number of hydrogen-bond donors (Lipinski definition) is 2. The van der Waals surface area contributed by atoms with Gasteiger partial charge in [0.25, 0.3) is 5.91 Å². The molecule has 0 aliphatic rings. The van der Waals surface area contributed by atoms with Gasteiger partial charge in [0.2, 0.25) is 0 Å². The molecular weight excluding hydrogens is 390 g/mol. The third-order valence-corrected chi connectivity index (χ3v) is 4.09. The van der Waals surface area contributed by atoms with Crippen LogP contribution in [0.5, 0.6) is 11.5 Å². The normalized spacial score (nSPS) is 11.1. The van der Waals surface area contributed by atoms with E-state index in [4.69, 9.17) is 18.9 Å². The van der Waals surface area contributed by atoms with E-state index in [9.17, 15) is 9.59 Å². The number of carbonyl (C=O) groups excluding carboxylic acids is 2. The Morgan fingerprint density at radius 2 is 1.80 bits per heavy atom. The molecule has 0 unspecified atom stereocenters. The summed E-state index contributed by atoms with van der Waals surface area (Å²) >= 11 is 0. The monoisotopic (exact) mass is 419 g/mol. The van der Waals surface area contributed by atoms with Crippen LogP contribution in [-0.2, 0) is 16.0 Å². The number of alkyl carbamates (subject to hydrolysis) is 1. The van der Waals surface area contributed by atoms with Crippen molar-refractivity contribution in [2.24, 2.45) is 0 Å². The number of rotatable bonds is 8. The molecule has 0 atom stereocenters. The van der Waals surface area contributed by atoms with Crippen molar-refractivity contribution in [1.82, 2.24) is 15.6 Å². The van der Waals surface area contributed by atoms with Gasteiger partial charge in [0, 0.05) is 36.7 Å². The van der Waals surface area contributed by atoms with Gasteiger partial charge in [0.1, 0.15) is 17.1 Å². The molecule has 9 nitrogen and oxygen atoms in total. The van der Waals surface area contributed by atoms with Crippen LogP contribution in [0.4, 0.5) is 4.79 Å². The molecule has 0 saturated heterocycles. The first-order valence-corrected chi connectivity index (χ1v) is 9.47. The van der Waals surface area contributed by atoms with Crippen molar-refractivity contribution in [3.05, 3.63) is 29.6 Å². The maximum Gasteiger partial charge on any atom is 0.407 e. The molecule has 0 radical (unpaired) electrons. The van der Waals surface area contributed by atoms with Crippen LogP contribution >= 0.6 is 0 Å². The predicted molar refractivity (Wildman–Crippen MR) is 112 cm³/mol. The van der Waals surface area contributed by atoms with E-state index in [0.717, 1.165) is 0 Å². The zero-order chi connectivity index (χ0) is 22.3. The van der Waals surface area contributed by atoms with Gasteiger partial charge in [-0.1, -0.05) is 0 Å². The van der Waals surface area contributed by atoms with Crippen LogP contribution in [-0.4, -0.2) is 57.1 Å². The van der Waals surface area contributed by atoms with Crippen molar-refractivity contribution in [3.63, 3.8) is 0 Å². The SMILES string of the molecule is COCCNC(=O)c1cnc(CNC(=O)OC(C)(C)C)c2c(OC)cc(OC)cc12. The van der Waals surface area contributed by atoms with Crippen molar-refractivity contribution in [3.8, 4) is 11.5 Å². The molecule has 0 saturated carbocycles. The van der Waals surface area contributed by atoms with E-state index >= 15 is 0 Å². The van der Waals surface area contributed by atoms with Gasteiger partial charge in [0.05, 0.1) is 38.6 Å². The van der Waals surface area contributed by atoms with Crippen molar-refractivity contribution in [2.45, 2.75) is 32.9 Å². The predicted octanol–water partition coefficient (Wildman–Crippen LogP) is 2.65. The number of pyridine rings is 1. The van der Waals surface area contributed by atoms with E-state index < -0.39 is 11.7 Å². The summed E-state index contributed by atoms with van der Waals surface area (Å²) in [6.45, 7) is 6.20. The quantitative estimate of drug-likeness (QED) is 0.633. The smallest absolute Gasteiger partial charge is 0.407 e. The molecule has 30 heavy (non-hydrogen) atoms. The zero-order valence-electron chi connectivity index (χ0n) is 18.3. The molecule has 0 bridgehead atoms. The van der Waals surface area contributed by atoms with Crippen LogP contribution in [0, 0.1) is 0 Å². The van der Waals surface area contributed by atoms with Crippen LogP contribution < -0.4 is 20.1 Å². The Bertz CT molecular complexity index is 908. The summed E-state index contributed by atoms with van der Waals surface area (Å²) in [5.41, 5.74) is 0.275. The molecule has 1 aromatic heterocycles. The number of fused-ring (bicyclic) bond motifs is 1. The molecule has 0 aliphatic heterocycles. The highest BCUT2D eigenvalue weighted by molar-refractivity contribution is 6.09. The maximum atomic E-state index is 12.7. The Labute approximate surface area is 176 Å².